The first-order valence-electron chi connectivity index (χ1n) is 12.6. The van der Waals surface area contributed by atoms with Gasteiger partial charge in [0.25, 0.3) is 0 Å². The van der Waals surface area contributed by atoms with Crippen molar-refractivity contribution in [2.24, 2.45) is 0 Å². The molecule has 0 spiro atoms. The Balaban J connectivity index is 1.36. The van der Waals surface area contributed by atoms with E-state index in [0.717, 1.165) is 41.0 Å². The van der Waals surface area contributed by atoms with Crippen LogP contribution in [0.2, 0.25) is 0 Å². The van der Waals surface area contributed by atoms with Gasteiger partial charge < -0.3 is 14.6 Å². The predicted molar refractivity (Wildman–Crippen MR) is 147 cm³/mol. The van der Waals surface area contributed by atoms with E-state index < -0.39 is 0 Å². The summed E-state index contributed by atoms with van der Waals surface area (Å²) in [5.74, 6) is 1.86. The third-order valence-electron chi connectivity index (χ3n) is 6.10. The van der Waals surface area contributed by atoms with Crippen LogP contribution in [0.25, 0.3) is 17.1 Å². The molecule has 1 N–H and O–H groups in total. The largest absolute Gasteiger partial charge is 0.491 e. The molecule has 0 aliphatic heterocycles. The normalized spacial score (nSPS) is 11.8. The molecule has 0 bridgehead atoms. The molecule has 0 unspecified atom stereocenters. The van der Waals surface area contributed by atoms with E-state index >= 15 is 0 Å². The molecule has 0 atom stereocenters. The van der Waals surface area contributed by atoms with Crippen molar-refractivity contribution in [2.75, 3.05) is 13.2 Å². The summed E-state index contributed by atoms with van der Waals surface area (Å²) >= 11 is 0. The van der Waals surface area contributed by atoms with Gasteiger partial charge in [-0.1, -0.05) is 81.4 Å². The van der Waals surface area contributed by atoms with Crippen LogP contribution in [0.5, 0.6) is 5.75 Å². The lowest BCUT2D eigenvalue weighted by molar-refractivity contribution is -0.116. The number of para-hydroxylation sites is 3. The maximum Gasteiger partial charge on any atom is 0.243 e. The molecule has 1 aromatic heterocycles. The fourth-order valence-corrected chi connectivity index (χ4v) is 4.28. The van der Waals surface area contributed by atoms with Gasteiger partial charge in [-0.2, -0.15) is 0 Å². The van der Waals surface area contributed by atoms with Crippen molar-refractivity contribution in [2.45, 2.75) is 45.6 Å². The van der Waals surface area contributed by atoms with E-state index in [0.29, 0.717) is 19.7 Å². The summed E-state index contributed by atoms with van der Waals surface area (Å²) in [7, 11) is 0. The number of aromatic nitrogens is 2. The van der Waals surface area contributed by atoms with Crippen LogP contribution < -0.4 is 10.1 Å². The number of amides is 1. The minimum absolute atomic E-state index is 0.0180. The zero-order chi connectivity index (χ0) is 25.4. The van der Waals surface area contributed by atoms with Gasteiger partial charge in [0.2, 0.25) is 5.91 Å². The maximum absolute atomic E-state index is 12.2. The molecule has 0 fully saturated rings. The highest BCUT2D eigenvalue weighted by Crippen LogP contribution is 2.31. The number of fused-ring (bicyclic) bond motifs is 1. The number of hydrogen-bond donors (Lipinski definition) is 1. The second-order valence-corrected chi connectivity index (χ2v) is 9.90. The lowest BCUT2D eigenvalue weighted by Gasteiger charge is -2.23. The number of hydrogen-bond acceptors (Lipinski definition) is 3. The number of ether oxygens (including phenoxy) is 1. The first-order chi connectivity index (χ1) is 17.4. The summed E-state index contributed by atoms with van der Waals surface area (Å²) in [5, 5.41) is 2.97. The zero-order valence-electron chi connectivity index (χ0n) is 21.4. The van der Waals surface area contributed by atoms with Crippen LogP contribution in [0.4, 0.5) is 0 Å². The summed E-state index contributed by atoms with van der Waals surface area (Å²) in [6.45, 7) is 8.46. The van der Waals surface area contributed by atoms with Gasteiger partial charge in [-0.05, 0) is 47.2 Å². The monoisotopic (exact) mass is 481 g/mol. The van der Waals surface area contributed by atoms with Crippen molar-refractivity contribution in [1.29, 1.82) is 0 Å². The SMILES string of the molecule is CC(C)(C)c1ccccc1OCCn1c(CCCNC(=O)/C=C/c2ccccc2)nc2ccccc21. The molecule has 4 rings (SSSR count). The summed E-state index contributed by atoms with van der Waals surface area (Å²) in [4.78, 5) is 17.0. The quantitative estimate of drug-likeness (QED) is 0.218. The number of imidazole rings is 1. The smallest absolute Gasteiger partial charge is 0.243 e. The van der Waals surface area contributed by atoms with Crippen LogP contribution in [0.1, 0.15) is 44.1 Å². The Labute approximate surface area is 213 Å². The molecule has 0 aliphatic carbocycles. The minimum atomic E-state index is -0.0849. The number of benzene rings is 3. The van der Waals surface area contributed by atoms with E-state index in [4.69, 9.17) is 9.72 Å². The molecule has 3 aromatic carbocycles. The van der Waals surface area contributed by atoms with Gasteiger partial charge in [-0.15, -0.1) is 0 Å². The Morgan fingerprint density at radius 2 is 1.69 bits per heavy atom. The Morgan fingerprint density at radius 3 is 2.50 bits per heavy atom. The second kappa shape index (κ2) is 11.7. The molecule has 1 amide bonds. The summed E-state index contributed by atoms with van der Waals surface area (Å²) < 4.78 is 8.49. The highest BCUT2D eigenvalue weighted by molar-refractivity contribution is 5.91. The predicted octanol–water partition coefficient (Wildman–Crippen LogP) is 6.18. The molecule has 0 aliphatic rings. The van der Waals surface area contributed by atoms with Crippen molar-refractivity contribution < 1.29 is 9.53 Å². The molecule has 1 heterocycles. The van der Waals surface area contributed by atoms with E-state index in [9.17, 15) is 4.79 Å². The third-order valence-corrected chi connectivity index (χ3v) is 6.10. The molecule has 0 saturated heterocycles. The lowest BCUT2D eigenvalue weighted by atomic mass is 9.86. The summed E-state index contributed by atoms with van der Waals surface area (Å²) in [6.07, 6.45) is 4.99. The Bertz CT molecular complexity index is 1320. The van der Waals surface area contributed by atoms with E-state index in [1.165, 1.54) is 5.56 Å². The number of carbonyl (C=O) groups is 1. The van der Waals surface area contributed by atoms with Crippen LogP contribution in [-0.2, 0) is 23.2 Å². The van der Waals surface area contributed by atoms with Gasteiger partial charge in [0.05, 0.1) is 17.6 Å². The molecule has 5 nitrogen and oxygen atoms in total. The van der Waals surface area contributed by atoms with Gasteiger partial charge in [-0.3, -0.25) is 4.79 Å². The fraction of sp³-hybridized carbons (Fsp3) is 0.290. The van der Waals surface area contributed by atoms with Crippen LogP contribution in [0.15, 0.2) is 84.9 Å². The van der Waals surface area contributed by atoms with Gasteiger partial charge in [0.1, 0.15) is 18.2 Å². The van der Waals surface area contributed by atoms with Crippen molar-refractivity contribution in [3.8, 4) is 5.75 Å². The average molecular weight is 482 g/mol. The van der Waals surface area contributed by atoms with E-state index in [-0.39, 0.29) is 11.3 Å². The maximum atomic E-state index is 12.2. The Hall–Kier alpha value is -3.86. The van der Waals surface area contributed by atoms with Crippen LogP contribution in [0, 0.1) is 0 Å². The average Bonchev–Trinajstić information content (AvgIpc) is 3.23. The van der Waals surface area contributed by atoms with E-state index in [1.807, 2.05) is 66.7 Å². The van der Waals surface area contributed by atoms with E-state index in [2.05, 4.69) is 48.9 Å². The molecule has 5 heteroatoms. The van der Waals surface area contributed by atoms with Gasteiger partial charge in [0.15, 0.2) is 0 Å². The number of carbonyl (C=O) groups excluding carboxylic acids is 1. The molecular weight excluding hydrogens is 446 g/mol. The molecule has 4 aromatic rings. The first-order valence-corrected chi connectivity index (χ1v) is 12.6. The second-order valence-electron chi connectivity index (χ2n) is 9.90. The highest BCUT2D eigenvalue weighted by atomic mass is 16.5. The summed E-state index contributed by atoms with van der Waals surface area (Å²) in [6, 6.07) is 26.3. The van der Waals surface area contributed by atoms with Crippen LogP contribution >= 0.6 is 0 Å². The number of nitrogens with zero attached hydrogens (tertiary/aromatic N) is 2. The van der Waals surface area contributed by atoms with Crippen molar-refractivity contribution in [3.63, 3.8) is 0 Å². The molecule has 0 saturated carbocycles. The molecular formula is C31H35N3O2. The van der Waals surface area contributed by atoms with Crippen molar-refractivity contribution in [1.82, 2.24) is 14.9 Å². The number of rotatable bonds is 10. The Morgan fingerprint density at radius 1 is 0.972 bits per heavy atom. The topological polar surface area (TPSA) is 56.1 Å². The number of aryl methyl sites for hydroxylation is 1. The Kier molecular flexibility index (Phi) is 8.21. The van der Waals surface area contributed by atoms with Crippen LogP contribution in [-0.4, -0.2) is 28.6 Å². The van der Waals surface area contributed by atoms with Crippen molar-refractivity contribution in [3.05, 3.63) is 102 Å². The molecule has 186 valence electrons. The van der Waals surface area contributed by atoms with Gasteiger partial charge >= 0.3 is 0 Å². The third kappa shape index (κ3) is 6.63. The molecule has 36 heavy (non-hydrogen) atoms. The van der Waals surface area contributed by atoms with Gasteiger partial charge in [-0.25, -0.2) is 4.98 Å². The highest BCUT2D eigenvalue weighted by Gasteiger charge is 2.18. The summed E-state index contributed by atoms with van der Waals surface area (Å²) in [5.41, 5.74) is 4.32. The molecule has 0 radical (unpaired) electrons. The minimum Gasteiger partial charge on any atom is -0.491 e. The zero-order valence-corrected chi connectivity index (χ0v) is 21.4. The van der Waals surface area contributed by atoms with Crippen LogP contribution in [0.3, 0.4) is 0 Å². The van der Waals surface area contributed by atoms with Crippen molar-refractivity contribution >= 4 is 23.0 Å². The standard InChI is InChI=1S/C31H35N3O2/c1-31(2,3)25-14-7-10-17-28(25)36-23-22-34-27-16-9-8-15-26(27)33-29(34)18-11-21-32-30(35)20-19-24-12-5-4-6-13-24/h4-10,12-17,19-20H,11,18,21-23H2,1-3H3,(H,32,35)/b20-19+. The number of nitrogens with one attached hydrogen (secondary N) is 1. The van der Waals surface area contributed by atoms with Gasteiger partial charge in [0, 0.05) is 19.0 Å². The van der Waals surface area contributed by atoms with E-state index in [1.54, 1.807) is 6.08 Å². The lowest BCUT2D eigenvalue weighted by Crippen LogP contribution is -2.23. The first kappa shape index (κ1) is 25.2. The fourth-order valence-electron chi connectivity index (χ4n) is 4.28.